The van der Waals surface area contributed by atoms with Gasteiger partial charge >= 0.3 is 0 Å². The third-order valence-corrected chi connectivity index (χ3v) is 5.73. The summed E-state index contributed by atoms with van der Waals surface area (Å²) in [6, 6.07) is 0. The van der Waals surface area contributed by atoms with E-state index < -0.39 is 10.0 Å². The monoisotopic (exact) mass is 291 g/mol. The van der Waals surface area contributed by atoms with Crippen LogP contribution in [0.2, 0.25) is 0 Å². The molecule has 2 rings (SSSR count). The van der Waals surface area contributed by atoms with Crippen molar-refractivity contribution in [2.24, 2.45) is 0 Å². The second-order valence-corrected chi connectivity index (χ2v) is 7.49. The number of hydrogen-bond donors (Lipinski definition) is 0. The first-order chi connectivity index (χ1) is 9.12. The smallest absolute Gasteiger partial charge is 0.214 e. The van der Waals surface area contributed by atoms with Crippen LogP contribution in [0, 0.1) is 0 Å². The summed E-state index contributed by atoms with van der Waals surface area (Å²) in [6.45, 7) is 4.39. The van der Waals surface area contributed by atoms with Gasteiger partial charge in [-0.1, -0.05) is 6.92 Å². The highest BCUT2D eigenvalue weighted by atomic mass is 32.2. The molecule has 2 saturated heterocycles. The summed E-state index contributed by atoms with van der Waals surface area (Å²) in [5, 5.41) is 0. The van der Waals surface area contributed by atoms with Crippen molar-refractivity contribution < 1.29 is 17.9 Å². The number of hydrogen-bond acceptors (Lipinski definition) is 4. The van der Waals surface area contributed by atoms with Crippen molar-refractivity contribution in [1.82, 2.24) is 4.31 Å². The van der Waals surface area contributed by atoms with Crippen LogP contribution in [0.15, 0.2) is 0 Å². The number of nitrogens with zero attached hydrogens (tertiary/aromatic N) is 1. The Hall–Kier alpha value is -0.170. The van der Waals surface area contributed by atoms with Gasteiger partial charge in [0.15, 0.2) is 0 Å². The molecule has 112 valence electrons. The van der Waals surface area contributed by atoms with Gasteiger partial charge in [-0.15, -0.1) is 0 Å². The van der Waals surface area contributed by atoms with E-state index in [-0.39, 0.29) is 18.0 Å². The van der Waals surface area contributed by atoms with Gasteiger partial charge in [0, 0.05) is 26.3 Å². The molecule has 2 atom stereocenters. The molecular weight excluding hydrogens is 266 g/mol. The highest BCUT2D eigenvalue weighted by molar-refractivity contribution is 7.89. The molecule has 0 saturated carbocycles. The third kappa shape index (κ3) is 4.41. The first kappa shape index (κ1) is 15.2. The van der Waals surface area contributed by atoms with Crippen molar-refractivity contribution in [3.05, 3.63) is 0 Å². The normalized spacial score (nSPS) is 28.3. The molecule has 0 aromatic heterocycles. The summed E-state index contributed by atoms with van der Waals surface area (Å²) >= 11 is 0. The number of rotatable bonds is 7. The fourth-order valence-corrected chi connectivity index (χ4v) is 4.28. The summed E-state index contributed by atoms with van der Waals surface area (Å²) in [5.74, 6) is 0.215. The van der Waals surface area contributed by atoms with Crippen LogP contribution in [0.25, 0.3) is 0 Å². The molecule has 0 radical (unpaired) electrons. The lowest BCUT2D eigenvalue weighted by atomic mass is 10.2. The van der Waals surface area contributed by atoms with Gasteiger partial charge in [0.2, 0.25) is 10.0 Å². The lowest BCUT2D eigenvalue weighted by molar-refractivity contribution is 0.0649. The maximum atomic E-state index is 12.3. The van der Waals surface area contributed by atoms with Crippen molar-refractivity contribution in [3.63, 3.8) is 0 Å². The van der Waals surface area contributed by atoms with E-state index in [4.69, 9.17) is 9.47 Å². The van der Waals surface area contributed by atoms with Crippen LogP contribution in [-0.4, -0.2) is 57.0 Å². The summed E-state index contributed by atoms with van der Waals surface area (Å²) in [7, 11) is -3.17. The molecule has 0 aromatic rings. The van der Waals surface area contributed by atoms with Gasteiger partial charge < -0.3 is 9.47 Å². The van der Waals surface area contributed by atoms with E-state index in [0.29, 0.717) is 19.5 Å². The summed E-state index contributed by atoms with van der Waals surface area (Å²) in [4.78, 5) is 0. The minimum absolute atomic E-state index is 0.0630. The molecule has 2 aliphatic rings. The largest absolute Gasteiger partial charge is 0.377 e. The quantitative estimate of drug-likeness (QED) is 0.711. The Balaban J connectivity index is 1.98. The van der Waals surface area contributed by atoms with Crippen LogP contribution < -0.4 is 0 Å². The Labute approximate surface area is 116 Å². The van der Waals surface area contributed by atoms with Crippen LogP contribution in [0.1, 0.15) is 39.0 Å². The molecule has 0 spiro atoms. The van der Waals surface area contributed by atoms with Crippen LogP contribution >= 0.6 is 0 Å². The molecule has 0 aliphatic carbocycles. The average molecular weight is 291 g/mol. The van der Waals surface area contributed by atoms with E-state index in [1.165, 1.54) is 0 Å². The van der Waals surface area contributed by atoms with E-state index in [0.717, 1.165) is 38.9 Å². The predicted molar refractivity (Wildman–Crippen MR) is 73.6 cm³/mol. The van der Waals surface area contributed by atoms with E-state index in [9.17, 15) is 8.42 Å². The summed E-state index contributed by atoms with van der Waals surface area (Å²) < 4.78 is 37.4. The lowest BCUT2D eigenvalue weighted by Crippen LogP contribution is -2.42. The minimum Gasteiger partial charge on any atom is -0.377 e. The molecule has 0 N–H and O–H groups in total. The van der Waals surface area contributed by atoms with Gasteiger partial charge in [0.05, 0.1) is 18.0 Å². The Morgan fingerprint density at radius 2 is 1.58 bits per heavy atom. The van der Waals surface area contributed by atoms with E-state index in [1.807, 2.05) is 6.92 Å². The van der Waals surface area contributed by atoms with Crippen LogP contribution in [0.3, 0.4) is 0 Å². The molecule has 2 unspecified atom stereocenters. The second-order valence-electron chi connectivity index (χ2n) is 5.40. The standard InChI is InChI=1S/C13H25NO4S/c1-2-9-19(15,16)14(10-12-5-3-7-17-12)11-13-6-4-8-18-13/h12-13H,2-11H2,1H3. The van der Waals surface area contributed by atoms with E-state index in [1.54, 1.807) is 4.31 Å². The summed E-state index contributed by atoms with van der Waals surface area (Å²) in [6.07, 6.45) is 4.77. The molecule has 0 aromatic carbocycles. The fourth-order valence-electron chi connectivity index (χ4n) is 2.72. The second kappa shape index (κ2) is 7.02. The van der Waals surface area contributed by atoms with Crippen LogP contribution in [-0.2, 0) is 19.5 Å². The summed E-state index contributed by atoms with van der Waals surface area (Å²) in [5.41, 5.74) is 0. The van der Waals surface area contributed by atoms with Gasteiger partial charge in [0.1, 0.15) is 0 Å². The molecule has 2 aliphatic heterocycles. The molecule has 19 heavy (non-hydrogen) atoms. The van der Waals surface area contributed by atoms with Crippen molar-refractivity contribution in [3.8, 4) is 0 Å². The fraction of sp³-hybridized carbons (Fsp3) is 1.00. The van der Waals surface area contributed by atoms with Crippen molar-refractivity contribution in [2.75, 3.05) is 32.1 Å². The minimum atomic E-state index is -3.17. The SMILES string of the molecule is CCCS(=O)(=O)N(CC1CCCO1)CC1CCCO1. The first-order valence-electron chi connectivity index (χ1n) is 7.33. The number of ether oxygens (including phenoxy) is 2. The predicted octanol–water partition coefficient (Wildman–Crippen LogP) is 1.39. The average Bonchev–Trinajstić information content (AvgIpc) is 3.00. The van der Waals surface area contributed by atoms with Gasteiger partial charge in [-0.25, -0.2) is 8.42 Å². The zero-order chi connectivity index (χ0) is 13.7. The third-order valence-electron chi connectivity index (χ3n) is 3.72. The maximum absolute atomic E-state index is 12.3. The van der Waals surface area contributed by atoms with Gasteiger partial charge in [-0.3, -0.25) is 0 Å². The molecule has 0 bridgehead atoms. The van der Waals surface area contributed by atoms with Crippen molar-refractivity contribution >= 4 is 10.0 Å². The highest BCUT2D eigenvalue weighted by Gasteiger charge is 2.30. The van der Waals surface area contributed by atoms with Gasteiger partial charge in [-0.05, 0) is 32.1 Å². The molecule has 2 heterocycles. The Kier molecular flexibility index (Phi) is 5.62. The van der Waals surface area contributed by atoms with Gasteiger partial charge in [0.25, 0.3) is 0 Å². The number of sulfonamides is 1. The molecule has 5 nitrogen and oxygen atoms in total. The van der Waals surface area contributed by atoms with E-state index >= 15 is 0 Å². The molecular formula is C13H25NO4S. The van der Waals surface area contributed by atoms with Crippen molar-refractivity contribution in [1.29, 1.82) is 0 Å². The van der Waals surface area contributed by atoms with Crippen molar-refractivity contribution in [2.45, 2.75) is 51.2 Å². The Morgan fingerprint density at radius 1 is 1.05 bits per heavy atom. The highest BCUT2D eigenvalue weighted by Crippen LogP contribution is 2.19. The molecule has 2 fully saturated rings. The lowest BCUT2D eigenvalue weighted by Gasteiger charge is -2.26. The van der Waals surface area contributed by atoms with Gasteiger partial charge in [-0.2, -0.15) is 4.31 Å². The maximum Gasteiger partial charge on any atom is 0.214 e. The zero-order valence-electron chi connectivity index (χ0n) is 11.7. The van der Waals surface area contributed by atoms with Crippen LogP contribution in [0.5, 0.6) is 0 Å². The van der Waals surface area contributed by atoms with Crippen LogP contribution in [0.4, 0.5) is 0 Å². The Morgan fingerprint density at radius 3 is 1.95 bits per heavy atom. The zero-order valence-corrected chi connectivity index (χ0v) is 12.5. The molecule has 0 amide bonds. The Bertz CT molecular complexity index is 341. The first-order valence-corrected chi connectivity index (χ1v) is 8.94. The van der Waals surface area contributed by atoms with E-state index in [2.05, 4.69) is 0 Å². The molecule has 6 heteroatoms. The topological polar surface area (TPSA) is 55.8 Å².